The van der Waals surface area contributed by atoms with Gasteiger partial charge in [0.1, 0.15) is 0 Å². The number of nitrogens with zero attached hydrogens (tertiary/aromatic N) is 6. The highest BCUT2D eigenvalue weighted by atomic mass is 35.5. The molecular formula is C40H29Cl2F4N7O9. The van der Waals surface area contributed by atoms with E-state index >= 15 is 9.18 Å². The highest BCUT2D eigenvalue weighted by Gasteiger charge is 2.71. The number of rotatable bonds is 8. The average Bonchev–Trinajstić information content (AvgIpc) is 3.59. The van der Waals surface area contributed by atoms with E-state index in [-0.39, 0.29) is 34.6 Å². The van der Waals surface area contributed by atoms with Crippen LogP contribution in [0.15, 0.2) is 78.5 Å². The molecule has 2 aliphatic heterocycles. The van der Waals surface area contributed by atoms with Crippen LogP contribution in [0.3, 0.4) is 0 Å². The summed E-state index contributed by atoms with van der Waals surface area (Å²) in [7, 11) is 2.67. The Hall–Kier alpha value is -6.67. The first-order valence-electron chi connectivity index (χ1n) is 18.5. The average molecular weight is 899 g/mol. The number of carbonyl (C=O) groups is 4. The molecular weight excluding hydrogens is 869 g/mol. The number of nitro groups is 2. The number of aromatic nitrogens is 1. The molecule has 6 unspecified atom stereocenters. The maximum absolute atomic E-state index is 15.4. The molecule has 320 valence electrons. The van der Waals surface area contributed by atoms with Gasteiger partial charge in [-0.1, -0.05) is 59.1 Å². The zero-order valence-corrected chi connectivity index (χ0v) is 33.4. The van der Waals surface area contributed by atoms with Crippen molar-refractivity contribution in [2.75, 3.05) is 29.3 Å². The quantitative estimate of drug-likeness (QED) is 0.0586. The number of phenolic OH excluding ortho intramolecular Hbond substituents is 1. The van der Waals surface area contributed by atoms with Gasteiger partial charge < -0.3 is 10.0 Å². The molecule has 0 spiro atoms. The number of phenols is 1. The van der Waals surface area contributed by atoms with E-state index in [2.05, 4.69) is 10.4 Å². The van der Waals surface area contributed by atoms with Crippen molar-refractivity contribution in [3.05, 3.63) is 131 Å². The Balaban J connectivity index is 1.31. The van der Waals surface area contributed by atoms with Gasteiger partial charge in [-0.2, -0.15) is 18.2 Å². The van der Waals surface area contributed by atoms with Gasteiger partial charge in [-0.3, -0.25) is 44.8 Å². The van der Waals surface area contributed by atoms with Crippen LogP contribution in [0.2, 0.25) is 10.0 Å². The molecule has 3 heterocycles. The summed E-state index contributed by atoms with van der Waals surface area (Å²) in [5, 5.41) is 35.9. The number of hydrogen-bond donors (Lipinski definition) is 2. The number of para-hydroxylation sites is 1. The lowest BCUT2D eigenvalue weighted by molar-refractivity contribution is -0.392. The Labute approximate surface area is 356 Å². The molecule has 3 aromatic carbocycles. The van der Waals surface area contributed by atoms with Crippen LogP contribution in [0.1, 0.15) is 35.4 Å². The zero-order chi connectivity index (χ0) is 44.9. The number of benzene rings is 3. The molecule has 1 aromatic heterocycles. The fraction of sp³-hybridized carbons (Fsp3) is 0.275. The van der Waals surface area contributed by atoms with Gasteiger partial charge in [0.2, 0.25) is 11.8 Å². The van der Waals surface area contributed by atoms with E-state index in [0.717, 1.165) is 23.1 Å². The second kappa shape index (κ2) is 14.8. The third kappa shape index (κ3) is 6.21. The van der Waals surface area contributed by atoms with Crippen LogP contribution in [0.5, 0.6) is 5.75 Å². The molecule has 4 aliphatic rings. The van der Waals surface area contributed by atoms with Crippen molar-refractivity contribution in [1.29, 1.82) is 0 Å². The fourth-order valence-corrected chi connectivity index (χ4v) is 9.94. The summed E-state index contributed by atoms with van der Waals surface area (Å²) in [6.07, 6.45) is -3.45. The van der Waals surface area contributed by atoms with Gasteiger partial charge in [0.25, 0.3) is 11.8 Å². The number of imide groups is 2. The molecule has 4 amide bonds. The molecule has 16 nitrogen and oxygen atoms in total. The van der Waals surface area contributed by atoms with Gasteiger partial charge in [-0.15, -0.1) is 0 Å². The highest BCUT2D eigenvalue weighted by molar-refractivity contribution is 6.33. The number of aromatic hydroxyl groups is 1. The second-order valence-corrected chi connectivity index (χ2v) is 16.2. The Kier molecular flexibility index (Phi) is 10.0. The van der Waals surface area contributed by atoms with Crippen LogP contribution in [-0.4, -0.2) is 62.7 Å². The number of pyridine rings is 1. The molecule has 2 saturated heterocycles. The van der Waals surface area contributed by atoms with Crippen molar-refractivity contribution < 1.29 is 51.7 Å². The molecule has 62 heavy (non-hydrogen) atoms. The Bertz CT molecular complexity index is 2670. The molecule has 8 rings (SSSR count). The molecule has 3 fully saturated rings. The SMILES string of the molecule is CN(C)c1c([N+](=O)[O-])cc(N2C(=O)C3CC=C4C(CC5C(=O)N(Nc6ncc(C(F)(F)F)cc6Cl)C(=O)C5(c5ccc(Cl)cc5)C4c4cccc(F)c4O)C3C2=O)cc1[N+](=O)[O-]. The molecule has 6 atom stereocenters. The van der Waals surface area contributed by atoms with Gasteiger partial charge in [0, 0.05) is 48.9 Å². The molecule has 1 saturated carbocycles. The summed E-state index contributed by atoms with van der Waals surface area (Å²) in [6.45, 7) is 0. The number of nitrogens with one attached hydrogen (secondary N) is 1. The van der Waals surface area contributed by atoms with E-state index in [1.54, 1.807) is 6.08 Å². The minimum atomic E-state index is -4.85. The van der Waals surface area contributed by atoms with Crippen LogP contribution in [0.4, 0.5) is 46.1 Å². The van der Waals surface area contributed by atoms with Gasteiger partial charge in [0.05, 0.1) is 49.3 Å². The number of nitro benzene ring substituents is 2. The third-order valence-corrected chi connectivity index (χ3v) is 12.6. The van der Waals surface area contributed by atoms with Gasteiger partial charge in [-0.25, -0.2) is 14.3 Å². The molecule has 4 aromatic rings. The standard InChI is InChI=1S/C40H29Cl2F4N7O9/c1-49(2)32-28(52(59)60)13-20(14-29(32)53(61)62)50-35(55)22-11-10-21-24(30(22)37(50)57)15-25-36(56)51(48-34-26(42)12-18(16-47-34)40(44,45)46)38(58)39(25,17-6-8-19(41)9-7-17)31(21)23-4-3-5-27(43)33(23)54/h3-10,12-14,16,22,24-25,30-31,54H,11,15H2,1-2H3,(H,47,48). The number of amides is 4. The monoisotopic (exact) mass is 897 g/mol. The van der Waals surface area contributed by atoms with E-state index in [4.69, 9.17) is 23.2 Å². The molecule has 2 aliphatic carbocycles. The lowest BCUT2D eigenvalue weighted by atomic mass is 9.49. The number of hydrazine groups is 1. The third-order valence-electron chi connectivity index (χ3n) is 12.0. The minimum absolute atomic E-state index is 0.132. The predicted molar refractivity (Wildman–Crippen MR) is 212 cm³/mol. The van der Waals surface area contributed by atoms with Crippen LogP contribution < -0.4 is 15.2 Å². The smallest absolute Gasteiger partial charge is 0.417 e. The van der Waals surface area contributed by atoms with Crippen molar-refractivity contribution in [2.45, 2.75) is 30.4 Å². The highest BCUT2D eigenvalue weighted by Crippen LogP contribution is 2.65. The van der Waals surface area contributed by atoms with Crippen LogP contribution >= 0.6 is 23.2 Å². The van der Waals surface area contributed by atoms with E-state index in [0.29, 0.717) is 22.2 Å². The largest absolute Gasteiger partial charge is 0.505 e. The number of carbonyl (C=O) groups excluding carboxylic acids is 4. The van der Waals surface area contributed by atoms with Crippen molar-refractivity contribution in [3.63, 3.8) is 0 Å². The van der Waals surface area contributed by atoms with Crippen molar-refractivity contribution in [1.82, 2.24) is 9.99 Å². The number of anilines is 3. The van der Waals surface area contributed by atoms with Crippen LogP contribution in [0.25, 0.3) is 0 Å². The zero-order valence-electron chi connectivity index (χ0n) is 31.9. The first kappa shape index (κ1) is 42.0. The number of hydrogen-bond acceptors (Lipinski definition) is 12. The normalized spacial score (nSPS) is 24.4. The van der Waals surface area contributed by atoms with Gasteiger partial charge in [0.15, 0.2) is 23.1 Å². The summed E-state index contributed by atoms with van der Waals surface area (Å²) in [6, 6.07) is 11.5. The number of allylic oxidation sites excluding steroid dienone is 2. The Morgan fingerprint density at radius 2 is 1.58 bits per heavy atom. The first-order chi connectivity index (χ1) is 29.2. The summed E-state index contributed by atoms with van der Waals surface area (Å²) >= 11 is 12.5. The number of halogens is 6. The maximum Gasteiger partial charge on any atom is 0.417 e. The van der Waals surface area contributed by atoms with Gasteiger partial charge in [-0.05, 0) is 48.6 Å². The summed E-state index contributed by atoms with van der Waals surface area (Å²) in [5.74, 6) is -13.1. The second-order valence-electron chi connectivity index (χ2n) is 15.3. The Morgan fingerprint density at radius 3 is 2.16 bits per heavy atom. The summed E-state index contributed by atoms with van der Waals surface area (Å²) in [4.78, 5) is 87.3. The van der Waals surface area contributed by atoms with E-state index in [1.807, 2.05) is 0 Å². The fourth-order valence-electron chi connectivity index (χ4n) is 9.60. The van der Waals surface area contributed by atoms with Crippen LogP contribution in [0, 0.1) is 49.7 Å². The first-order valence-corrected chi connectivity index (χ1v) is 19.3. The van der Waals surface area contributed by atoms with Crippen molar-refractivity contribution in [3.8, 4) is 5.75 Å². The molecule has 0 bridgehead atoms. The van der Waals surface area contributed by atoms with E-state index in [9.17, 15) is 52.9 Å². The summed E-state index contributed by atoms with van der Waals surface area (Å²) in [5.41, 5.74) is -3.12. The maximum atomic E-state index is 15.4. The van der Waals surface area contributed by atoms with E-state index < -0.39 is 125 Å². The van der Waals surface area contributed by atoms with Crippen molar-refractivity contribution >= 4 is 75.4 Å². The van der Waals surface area contributed by atoms with Crippen LogP contribution in [-0.2, 0) is 30.8 Å². The van der Waals surface area contributed by atoms with E-state index in [1.165, 1.54) is 50.5 Å². The lowest BCUT2D eigenvalue weighted by Gasteiger charge is -2.50. The molecule has 22 heteroatoms. The topological polar surface area (TPSA) is 209 Å². The minimum Gasteiger partial charge on any atom is -0.505 e. The summed E-state index contributed by atoms with van der Waals surface area (Å²) < 4.78 is 56.0. The predicted octanol–water partition coefficient (Wildman–Crippen LogP) is 7.32. The van der Waals surface area contributed by atoms with Crippen molar-refractivity contribution in [2.24, 2.45) is 23.7 Å². The molecule has 0 radical (unpaired) electrons. The number of alkyl halides is 3. The Morgan fingerprint density at radius 1 is 0.935 bits per heavy atom. The number of fused-ring (bicyclic) bond motifs is 4. The molecule has 2 N–H and O–H groups in total. The lowest BCUT2D eigenvalue weighted by Crippen LogP contribution is -2.53. The van der Waals surface area contributed by atoms with Gasteiger partial charge >= 0.3 is 17.6 Å².